The van der Waals surface area contributed by atoms with Gasteiger partial charge < -0.3 is 5.32 Å². The van der Waals surface area contributed by atoms with E-state index in [0.29, 0.717) is 11.8 Å². The molecule has 0 radical (unpaired) electrons. The van der Waals surface area contributed by atoms with Crippen molar-refractivity contribution in [1.29, 1.82) is 5.26 Å². The summed E-state index contributed by atoms with van der Waals surface area (Å²) >= 11 is 1.57. The van der Waals surface area contributed by atoms with Crippen molar-refractivity contribution in [2.75, 3.05) is 12.8 Å². The molecule has 0 aromatic heterocycles. The number of benzene rings is 1. The van der Waals surface area contributed by atoms with Crippen LogP contribution in [0.3, 0.4) is 0 Å². The summed E-state index contributed by atoms with van der Waals surface area (Å²) < 4.78 is 0. The van der Waals surface area contributed by atoms with Crippen molar-refractivity contribution in [3.8, 4) is 6.07 Å². The van der Waals surface area contributed by atoms with E-state index in [1.165, 1.54) is 5.56 Å². The van der Waals surface area contributed by atoms with Crippen molar-refractivity contribution in [2.24, 2.45) is 0 Å². The van der Waals surface area contributed by atoms with E-state index in [9.17, 15) is 0 Å². The minimum atomic E-state index is 0.359. The standard InChI is InChI=1S/C11H14N2S/c1-9(13-2)10-4-3-5-11(8-10)14-7-6-12/h3-5,8-9,13H,7H2,1-2H3. The Balaban J connectivity index is 2.74. The molecule has 0 saturated heterocycles. The van der Waals surface area contributed by atoms with Crippen LogP contribution in [0.5, 0.6) is 0 Å². The fourth-order valence-corrected chi connectivity index (χ4v) is 1.78. The summed E-state index contributed by atoms with van der Waals surface area (Å²) in [5.74, 6) is 0.511. The van der Waals surface area contributed by atoms with Gasteiger partial charge in [0.1, 0.15) is 0 Å². The van der Waals surface area contributed by atoms with E-state index in [0.717, 1.165) is 4.90 Å². The summed E-state index contributed by atoms with van der Waals surface area (Å²) in [6, 6.07) is 10.8. The molecule has 1 rings (SSSR count). The van der Waals surface area contributed by atoms with Crippen LogP contribution in [0.1, 0.15) is 18.5 Å². The zero-order valence-corrected chi connectivity index (χ0v) is 9.27. The number of hydrogen-bond acceptors (Lipinski definition) is 3. The molecule has 0 aliphatic carbocycles. The molecule has 1 N–H and O–H groups in total. The number of hydrogen-bond donors (Lipinski definition) is 1. The molecular formula is C11H14N2S. The summed E-state index contributed by atoms with van der Waals surface area (Å²) in [4.78, 5) is 1.16. The Hall–Kier alpha value is -0.980. The molecule has 1 atom stereocenters. The highest BCUT2D eigenvalue weighted by Gasteiger charge is 2.02. The van der Waals surface area contributed by atoms with Crippen LogP contribution < -0.4 is 5.32 Å². The highest BCUT2D eigenvalue weighted by atomic mass is 32.2. The molecule has 0 fully saturated rings. The third kappa shape index (κ3) is 3.06. The molecule has 74 valence electrons. The second-order valence-electron chi connectivity index (χ2n) is 3.03. The smallest absolute Gasteiger partial charge is 0.0855 e. The van der Waals surface area contributed by atoms with E-state index in [1.807, 2.05) is 19.2 Å². The molecule has 0 spiro atoms. The number of nitrogens with zero attached hydrogens (tertiary/aromatic N) is 1. The van der Waals surface area contributed by atoms with Gasteiger partial charge in [0.05, 0.1) is 11.8 Å². The van der Waals surface area contributed by atoms with Crippen molar-refractivity contribution in [1.82, 2.24) is 5.32 Å². The van der Waals surface area contributed by atoms with Gasteiger partial charge in [0.25, 0.3) is 0 Å². The van der Waals surface area contributed by atoms with Crippen LogP contribution in [-0.4, -0.2) is 12.8 Å². The fourth-order valence-electron chi connectivity index (χ4n) is 1.16. The number of nitrogens with one attached hydrogen (secondary N) is 1. The van der Waals surface area contributed by atoms with Gasteiger partial charge in [-0.15, -0.1) is 11.8 Å². The largest absolute Gasteiger partial charge is 0.313 e. The molecule has 1 aromatic carbocycles. The van der Waals surface area contributed by atoms with Crippen LogP contribution in [0.25, 0.3) is 0 Å². The van der Waals surface area contributed by atoms with Gasteiger partial charge in [-0.25, -0.2) is 0 Å². The number of thioether (sulfide) groups is 1. The number of nitriles is 1. The van der Waals surface area contributed by atoms with Crippen LogP contribution in [0.2, 0.25) is 0 Å². The average molecular weight is 206 g/mol. The van der Waals surface area contributed by atoms with E-state index >= 15 is 0 Å². The Morgan fingerprint density at radius 2 is 2.36 bits per heavy atom. The van der Waals surface area contributed by atoms with Gasteiger partial charge in [-0.3, -0.25) is 0 Å². The molecule has 14 heavy (non-hydrogen) atoms. The molecule has 0 aliphatic heterocycles. The normalized spacial score (nSPS) is 12.1. The molecule has 0 heterocycles. The molecule has 0 amide bonds. The first-order valence-electron chi connectivity index (χ1n) is 4.55. The summed E-state index contributed by atoms with van der Waals surface area (Å²) in [7, 11) is 1.94. The van der Waals surface area contributed by atoms with Crippen LogP contribution in [-0.2, 0) is 0 Å². The molecule has 0 aliphatic rings. The Labute approximate surface area is 89.3 Å². The van der Waals surface area contributed by atoms with Crippen LogP contribution in [0, 0.1) is 11.3 Å². The zero-order chi connectivity index (χ0) is 10.4. The maximum atomic E-state index is 8.47. The Bertz CT molecular complexity index is 330. The van der Waals surface area contributed by atoms with Crippen molar-refractivity contribution < 1.29 is 0 Å². The van der Waals surface area contributed by atoms with Crippen molar-refractivity contribution in [3.63, 3.8) is 0 Å². The first-order chi connectivity index (χ1) is 6.77. The van der Waals surface area contributed by atoms with E-state index in [4.69, 9.17) is 5.26 Å². The van der Waals surface area contributed by atoms with E-state index in [-0.39, 0.29) is 0 Å². The van der Waals surface area contributed by atoms with Crippen LogP contribution >= 0.6 is 11.8 Å². The molecule has 0 saturated carbocycles. The van der Waals surface area contributed by atoms with Crippen molar-refractivity contribution in [3.05, 3.63) is 29.8 Å². The van der Waals surface area contributed by atoms with Gasteiger partial charge in [-0.2, -0.15) is 5.26 Å². The lowest BCUT2D eigenvalue weighted by Gasteiger charge is -2.11. The maximum absolute atomic E-state index is 8.47. The van der Waals surface area contributed by atoms with Gasteiger partial charge >= 0.3 is 0 Å². The third-order valence-corrected chi connectivity index (χ3v) is 2.96. The SMILES string of the molecule is CNC(C)c1cccc(SCC#N)c1. The van der Waals surface area contributed by atoms with E-state index in [1.54, 1.807) is 11.8 Å². The second kappa shape index (κ2) is 5.69. The number of rotatable bonds is 4. The molecule has 2 nitrogen and oxygen atoms in total. The third-order valence-electron chi connectivity index (χ3n) is 2.09. The van der Waals surface area contributed by atoms with Crippen LogP contribution in [0.4, 0.5) is 0 Å². The van der Waals surface area contributed by atoms with E-state index in [2.05, 4.69) is 30.4 Å². The molecule has 0 bridgehead atoms. The minimum Gasteiger partial charge on any atom is -0.313 e. The molecule has 1 aromatic rings. The lowest BCUT2D eigenvalue weighted by Crippen LogP contribution is -2.11. The second-order valence-corrected chi connectivity index (χ2v) is 4.08. The molecule has 1 unspecified atom stereocenters. The molecule has 3 heteroatoms. The van der Waals surface area contributed by atoms with Crippen LogP contribution in [0.15, 0.2) is 29.2 Å². The average Bonchev–Trinajstić information content (AvgIpc) is 2.25. The fraction of sp³-hybridized carbons (Fsp3) is 0.364. The Kier molecular flexibility index (Phi) is 4.51. The first kappa shape index (κ1) is 11.1. The predicted octanol–water partition coefficient (Wildman–Crippen LogP) is 2.58. The lowest BCUT2D eigenvalue weighted by atomic mass is 10.1. The van der Waals surface area contributed by atoms with Gasteiger partial charge in [0.15, 0.2) is 0 Å². The highest BCUT2D eigenvalue weighted by Crippen LogP contribution is 2.21. The van der Waals surface area contributed by atoms with Gasteiger partial charge in [0.2, 0.25) is 0 Å². The van der Waals surface area contributed by atoms with Gasteiger partial charge in [-0.1, -0.05) is 12.1 Å². The molecular weight excluding hydrogens is 192 g/mol. The van der Waals surface area contributed by atoms with Crippen molar-refractivity contribution >= 4 is 11.8 Å². The van der Waals surface area contributed by atoms with Gasteiger partial charge in [-0.05, 0) is 31.7 Å². The summed E-state index contributed by atoms with van der Waals surface area (Å²) in [5.41, 5.74) is 1.26. The summed E-state index contributed by atoms with van der Waals surface area (Å²) in [5, 5.41) is 11.7. The Morgan fingerprint density at radius 1 is 1.57 bits per heavy atom. The van der Waals surface area contributed by atoms with E-state index < -0.39 is 0 Å². The first-order valence-corrected chi connectivity index (χ1v) is 5.53. The maximum Gasteiger partial charge on any atom is 0.0855 e. The monoisotopic (exact) mass is 206 g/mol. The summed E-state index contributed by atoms with van der Waals surface area (Å²) in [6.45, 7) is 2.12. The zero-order valence-electron chi connectivity index (χ0n) is 8.45. The summed E-state index contributed by atoms with van der Waals surface area (Å²) in [6.07, 6.45) is 0. The lowest BCUT2D eigenvalue weighted by molar-refractivity contribution is 0.651. The predicted molar refractivity (Wildman–Crippen MR) is 60.3 cm³/mol. The van der Waals surface area contributed by atoms with Crippen molar-refractivity contribution in [2.45, 2.75) is 17.9 Å². The van der Waals surface area contributed by atoms with Gasteiger partial charge in [0, 0.05) is 10.9 Å². The topological polar surface area (TPSA) is 35.8 Å². The minimum absolute atomic E-state index is 0.359. The highest BCUT2D eigenvalue weighted by molar-refractivity contribution is 7.99. The Morgan fingerprint density at radius 3 is 3.00 bits per heavy atom. The quantitative estimate of drug-likeness (QED) is 0.769.